The molecule has 0 amide bonds. The van der Waals surface area contributed by atoms with E-state index in [0.29, 0.717) is 12.0 Å². The van der Waals surface area contributed by atoms with Gasteiger partial charge in [0.1, 0.15) is 5.76 Å². The first-order chi connectivity index (χ1) is 10.1. The first kappa shape index (κ1) is 20.5. The summed E-state index contributed by atoms with van der Waals surface area (Å²) in [4.78, 5) is 0. The van der Waals surface area contributed by atoms with E-state index in [2.05, 4.69) is 25.0 Å². The molecule has 0 radical (unpaired) electrons. The standard InChI is InChI=1S/C14H25F3O4SSi/c1-10-7-8-12(21-22(18,19)14(15,16)17)11(10)9-20-23(5,6)13(2,3)4/h10H,7-9H2,1-6H3. The number of alkyl halides is 3. The summed E-state index contributed by atoms with van der Waals surface area (Å²) < 4.78 is 70.2. The molecule has 0 bridgehead atoms. The van der Waals surface area contributed by atoms with Gasteiger partial charge in [0.2, 0.25) is 0 Å². The van der Waals surface area contributed by atoms with Crippen LogP contribution in [0.3, 0.4) is 0 Å². The Labute approximate surface area is 137 Å². The molecule has 0 aromatic rings. The lowest BCUT2D eigenvalue weighted by atomic mass is 10.1. The highest BCUT2D eigenvalue weighted by molar-refractivity contribution is 7.87. The Morgan fingerprint density at radius 2 is 1.74 bits per heavy atom. The smallest absolute Gasteiger partial charge is 0.413 e. The third-order valence-corrected chi connectivity index (χ3v) is 10.1. The van der Waals surface area contributed by atoms with Gasteiger partial charge >= 0.3 is 15.6 Å². The number of hydrogen-bond acceptors (Lipinski definition) is 4. The van der Waals surface area contributed by atoms with Crippen LogP contribution in [-0.2, 0) is 18.7 Å². The zero-order valence-electron chi connectivity index (χ0n) is 14.4. The minimum atomic E-state index is -5.62. The normalized spacial score (nSPS) is 21.0. The molecule has 136 valence electrons. The van der Waals surface area contributed by atoms with Crippen molar-refractivity contribution >= 4 is 18.4 Å². The molecule has 1 aliphatic carbocycles. The topological polar surface area (TPSA) is 52.6 Å². The highest BCUT2D eigenvalue weighted by Crippen LogP contribution is 2.40. The Morgan fingerprint density at radius 1 is 1.22 bits per heavy atom. The van der Waals surface area contributed by atoms with Crippen molar-refractivity contribution in [2.24, 2.45) is 5.92 Å². The summed E-state index contributed by atoms with van der Waals surface area (Å²) in [5.74, 6) is -0.174. The Morgan fingerprint density at radius 3 is 2.17 bits per heavy atom. The van der Waals surface area contributed by atoms with Gasteiger partial charge in [0, 0.05) is 6.42 Å². The molecule has 0 spiro atoms. The fourth-order valence-corrected chi connectivity index (χ4v) is 3.43. The Hall–Kier alpha value is -0.543. The van der Waals surface area contributed by atoms with Gasteiger partial charge in [0.25, 0.3) is 0 Å². The van der Waals surface area contributed by atoms with E-state index in [1.165, 1.54) is 0 Å². The summed E-state index contributed by atoms with van der Waals surface area (Å²) >= 11 is 0. The molecule has 0 saturated carbocycles. The van der Waals surface area contributed by atoms with Gasteiger partial charge in [-0.2, -0.15) is 21.6 Å². The van der Waals surface area contributed by atoms with E-state index in [1.54, 1.807) is 0 Å². The van der Waals surface area contributed by atoms with Crippen molar-refractivity contribution in [3.05, 3.63) is 11.3 Å². The molecule has 0 heterocycles. The minimum Gasteiger partial charge on any atom is -0.413 e. The molecule has 0 aromatic heterocycles. The minimum absolute atomic E-state index is 0.0472. The van der Waals surface area contributed by atoms with Gasteiger partial charge in [-0.25, -0.2) is 0 Å². The maximum Gasteiger partial charge on any atom is 0.534 e. The molecule has 1 aliphatic rings. The predicted octanol–water partition coefficient (Wildman–Crippen LogP) is 4.56. The zero-order chi connectivity index (χ0) is 18.3. The highest BCUT2D eigenvalue weighted by Gasteiger charge is 2.49. The predicted molar refractivity (Wildman–Crippen MR) is 84.6 cm³/mol. The van der Waals surface area contributed by atoms with Gasteiger partial charge in [0.15, 0.2) is 8.32 Å². The van der Waals surface area contributed by atoms with Crippen LogP contribution in [0.15, 0.2) is 11.3 Å². The zero-order valence-corrected chi connectivity index (χ0v) is 16.2. The van der Waals surface area contributed by atoms with Crippen molar-refractivity contribution in [2.75, 3.05) is 6.61 Å². The van der Waals surface area contributed by atoms with Crippen LogP contribution in [-0.4, -0.2) is 28.9 Å². The van der Waals surface area contributed by atoms with Crippen molar-refractivity contribution < 1.29 is 30.2 Å². The van der Waals surface area contributed by atoms with Crippen LogP contribution in [0, 0.1) is 5.92 Å². The van der Waals surface area contributed by atoms with Crippen molar-refractivity contribution in [3.63, 3.8) is 0 Å². The first-order valence-corrected chi connectivity index (χ1v) is 11.8. The van der Waals surface area contributed by atoms with E-state index in [0.717, 1.165) is 0 Å². The lowest BCUT2D eigenvalue weighted by molar-refractivity contribution is -0.0523. The van der Waals surface area contributed by atoms with Crippen molar-refractivity contribution in [3.8, 4) is 0 Å². The second-order valence-corrected chi connectivity index (χ2v) is 13.8. The Bertz CT molecular complexity index is 574. The van der Waals surface area contributed by atoms with E-state index in [-0.39, 0.29) is 29.7 Å². The summed E-state index contributed by atoms with van der Waals surface area (Å²) in [5, 5.41) is -0.0472. The average molecular weight is 374 g/mol. The quantitative estimate of drug-likeness (QED) is 0.402. The van der Waals surface area contributed by atoms with Crippen LogP contribution in [0.1, 0.15) is 40.5 Å². The lowest BCUT2D eigenvalue weighted by Gasteiger charge is -2.36. The molecule has 0 aliphatic heterocycles. The summed E-state index contributed by atoms with van der Waals surface area (Å²) in [7, 11) is -7.71. The SMILES string of the molecule is CC1CCC(OS(=O)(=O)C(F)(F)F)=C1CO[Si](C)(C)C(C)(C)C. The number of allylic oxidation sites excluding steroid dienone is 1. The lowest BCUT2D eigenvalue weighted by Crippen LogP contribution is -2.41. The van der Waals surface area contributed by atoms with Crippen molar-refractivity contribution in [1.29, 1.82) is 0 Å². The largest absolute Gasteiger partial charge is 0.534 e. The molecular formula is C14H25F3O4SSi. The summed E-state index contributed by atoms with van der Waals surface area (Å²) in [6, 6.07) is 0. The first-order valence-electron chi connectivity index (χ1n) is 7.45. The van der Waals surface area contributed by atoms with E-state index < -0.39 is 23.9 Å². The number of halogens is 3. The molecular weight excluding hydrogens is 349 g/mol. The molecule has 0 N–H and O–H groups in total. The van der Waals surface area contributed by atoms with Crippen LogP contribution in [0.25, 0.3) is 0 Å². The fourth-order valence-electron chi connectivity index (χ4n) is 1.93. The maximum absolute atomic E-state index is 12.5. The molecule has 0 fully saturated rings. The Kier molecular flexibility index (Phi) is 5.70. The van der Waals surface area contributed by atoms with Gasteiger partial charge in [-0.1, -0.05) is 27.7 Å². The van der Waals surface area contributed by atoms with Crippen LogP contribution in [0.4, 0.5) is 13.2 Å². The number of rotatable bonds is 5. The van der Waals surface area contributed by atoms with Crippen molar-refractivity contribution in [2.45, 2.75) is 64.2 Å². The molecule has 1 atom stereocenters. The van der Waals surface area contributed by atoms with E-state index >= 15 is 0 Å². The Balaban J connectivity index is 2.97. The van der Waals surface area contributed by atoms with Crippen LogP contribution in [0.5, 0.6) is 0 Å². The fraction of sp³-hybridized carbons (Fsp3) is 0.857. The summed E-state index contributed by atoms with van der Waals surface area (Å²) in [6.07, 6.45) is 0.728. The van der Waals surface area contributed by atoms with Gasteiger partial charge in [-0.15, -0.1) is 0 Å². The summed E-state index contributed by atoms with van der Waals surface area (Å²) in [6.45, 7) is 12.2. The van der Waals surface area contributed by atoms with Gasteiger partial charge < -0.3 is 8.61 Å². The van der Waals surface area contributed by atoms with E-state index in [4.69, 9.17) is 4.43 Å². The van der Waals surface area contributed by atoms with Crippen LogP contribution in [0.2, 0.25) is 18.1 Å². The third kappa shape index (κ3) is 4.73. The third-order valence-electron chi connectivity index (χ3n) is 4.65. The molecule has 0 saturated heterocycles. The van der Waals surface area contributed by atoms with Crippen LogP contribution < -0.4 is 0 Å². The van der Waals surface area contributed by atoms with Gasteiger partial charge in [0.05, 0.1) is 6.61 Å². The highest BCUT2D eigenvalue weighted by atomic mass is 32.2. The average Bonchev–Trinajstić information content (AvgIpc) is 2.64. The molecule has 0 aromatic carbocycles. The van der Waals surface area contributed by atoms with E-state index in [9.17, 15) is 21.6 Å². The van der Waals surface area contributed by atoms with Crippen LogP contribution >= 0.6 is 0 Å². The summed E-state index contributed by atoms with van der Waals surface area (Å²) in [5.41, 5.74) is -4.90. The van der Waals surface area contributed by atoms with Gasteiger partial charge in [-0.3, -0.25) is 0 Å². The van der Waals surface area contributed by atoms with E-state index in [1.807, 2.05) is 20.0 Å². The molecule has 4 nitrogen and oxygen atoms in total. The molecule has 1 rings (SSSR count). The monoisotopic (exact) mass is 374 g/mol. The second kappa shape index (κ2) is 6.40. The molecule has 9 heteroatoms. The second-order valence-electron chi connectivity index (χ2n) is 7.42. The molecule has 1 unspecified atom stereocenters. The van der Waals surface area contributed by atoms with Gasteiger partial charge in [-0.05, 0) is 36.0 Å². The maximum atomic E-state index is 12.5. The molecule has 23 heavy (non-hydrogen) atoms. The van der Waals surface area contributed by atoms with Crippen molar-refractivity contribution in [1.82, 2.24) is 0 Å². The number of hydrogen-bond donors (Lipinski definition) is 0.